The van der Waals surface area contributed by atoms with Crippen LogP contribution in [0, 0.1) is 11.3 Å². The maximum absolute atomic E-state index is 12.9. The molecule has 2 N–H and O–H groups in total. The number of nitriles is 1. The molecular weight excluding hydrogens is 460 g/mol. The molecule has 0 saturated heterocycles. The van der Waals surface area contributed by atoms with Crippen molar-refractivity contribution in [2.75, 3.05) is 5.73 Å². The number of hydrogen-bond acceptors (Lipinski definition) is 4. The lowest BCUT2D eigenvalue weighted by Crippen LogP contribution is -2.08. The molecule has 1 aromatic carbocycles. The normalized spacial score (nSPS) is 11.6. The van der Waals surface area contributed by atoms with E-state index in [0.29, 0.717) is 22.4 Å². The van der Waals surface area contributed by atoms with Gasteiger partial charge in [-0.2, -0.15) is 23.5 Å². The summed E-state index contributed by atoms with van der Waals surface area (Å²) in [6.07, 6.45) is -3.25. The molecule has 0 atom stereocenters. The summed E-state index contributed by atoms with van der Waals surface area (Å²) in [4.78, 5) is 0. The van der Waals surface area contributed by atoms with Crippen molar-refractivity contribution in [2.24, 2.45) is 0 Å². The number of benzene rings is 1. The highest BCUT2D eigenvalue weighted by Gasteiger charge is 2.33. The monoisotopic (exact) mass is 464 g/mol. The quantitative estimate of drug-likeness (QED) is 0.528. The van der Waals surface area contributed by atoms with Crippen LogP contribution >= 0.6 is 39.1 Å². The van der Waals surface area contributed by atoms with Gasteiger partial charge in [-0.3, -0.25) is 0 Å². The van der Waals surface area contributed by atoms with Crippen LogP contribution in [0.25, 0.3) is 16.8 Å². The fourth-order valence-electron chi connectivity index (χ4n) is 2.35. The van der Waals surface area contributed by atoms with Crippen molar-refractivity contribution in [1.29, 1.82) is 5.26 Å². The highest BCUT2D eigenvalue weighted by Crippen LogP contribution is 2.41. The number of alkyl halides is 3. The van der Waals surface area contributed by atoms with Crippen molar-refractivity contribution in [1.82, 2.24) is 9.78 Å². The zero-order valence-electron chi connectivity index (χ0n) is 12.4. The van der Waals surface area contributed by atoms with Crippen molar-refractivity contribution in [3.8, 4) is 22.9 Å². The van der Waals surface area contributed by atoms with Gasteiger partial charge < -0.3 is 10.2 Å². The number of nitrogens with zero attached hydrogens (tertiary/aromatic N) is 3. The summed E-state index contributed by atoms with van der Waals surface area (Å²) in [6, 6.07) is 4.85. The lowest BCUT2D eigenvalue weighted by atomic mass is 10.1. The van der Waals surface area contributed by atoms with Crippen LogP contribution in [-0.2, 0) is 6.18 Å². The van der Waals surface area contributed by atoms with Gasteiger partial charge >= 0.3 is 6.18 Å². The van der Waals surface area contributed by atoms with E-state index in [1.807, 2.05) is 6.07 Å². The van der Waals surface area contributed by atoms with Gasteiger partial charge in [-0.15, -0.1) is 0 Å². The lowest BCUT2D eigenvalue weighted by Gasteiger charge is -2.13. The van der Waals surface area contributed by atoms with Gasteiger partial charge in [-0.25, -0.2) is 4.68 Å². The van der Waals surface area contributed by atoms with E-state index < -0.39 is 11.7 Å². The smallest absolute Gasteiger partial charge is 0.416 e. The molecule has 2 aromatic heterocycles. The summed E-state index contributed by atoms with van der Waals surface area (Å²) in [5, 5.41) is 12.7. The van der Waals surface area contributed by atoms with Gasteiger partial charge in [0.05, 0.1) is 27.4 Å². The molecule has 0 aliphatic carbocycles. The van der Waals surface area contributed by atoms with Gasteiger partial charge in [-0.1, -0.05) is 23.2 Å². The summed E-state index contributed by atoms with van der Waals surface area (Å²) in [5.74, 6) is -0.0350. The van der Waals surface area contributed by atoms with E-state index in [2.05, 4.69) is 21.0 Å². The van der Waals surface area contributed by atoms with Gasteiger partial charge in [0.2, 0.25) is 0 Å². The second kappa shape index (κ2) is 6.54. The molecule has 0 aliphatic heterocycles. The molecule has 26 heavy (non-hydrogen) atoms. The SMILES string of the molecule is N#Cc1nn(-c2c(Cl)cc(C(F)(F)F)cc2Cl)c(N)c1-c1ccoc1Br. The average molecular weight is 466 g/mol. The fraction of sp³-hybridized carbons (Fsp3) is 0.0667. The van der Waals surface area contributed by atoms with Crippen molar-refractivity contribution in [2.45, 2.75) is 6.18 Å². The van der Waals surface area contributed by atoms with E-state index in [1.54, 1.807) is 6.07 Å². The van der Waals surface area contributed by atoms with Crippen molar-refractivity contribution in [3.05, 3.63) is 50.4 Å². The molecule has 0 fully saturated rings. The van der Waals surface area contributed by atoms with Crippen LogP contribution < -0.4 is 5.73 Å². The molecule has 0 amide bonds. The van der Waals surface area contributed by atoms with E-state index >= 15 is 0 Å². The Balaban J connectivity index is 2.26. The van der Waals surface area contributed by atoms with Crippen LogP contribution in [-0.4, -0.2) is 9.78 Å². The van der Waals surface area contributed by atoms with Gasteiger partial charge in [0.1, 0.15) is 17.6 Å². The standard InChI is InChI=1S/C15H6BrCl2F3N4O/c16-13-7(1-2-26-13)11-10(5-22)24-25(14(11)23)12-8(17)3-6(4-9(12)18)15(19,20)21/h1-4H,23H2. The number of furan rings is 1. The molecule has 0 bridgehead atoms. The molecule has 3 rings (SSSR count). The number of aromatic nitrogens is 2. The molecule has 0 spiro atoms. The Hall–Kier alpha value is -2.15. The third-order valence-electron chi connectivity index (χ3n) is 3.47. The number of nitrogens with two attached hydrogens (primary N) is 1. The van der Waals surface area contributed by atoms with Crippen LogP contribution in [0.2, 0.25) is 10.0 Å². The van der Waals surface area contributed by atoms with E-state index in [0.717, 1.165) is 4.68 Å². The van der Waals surface area contributed by atoms with E-state index in [9.17, 15) is 18.4 Å². The Morgan fingerprint density at radius 1 is 1.27 bits per heavy atom. The maximum Gasteiger partial charge on any atom is 0.416 e. The predicted molar refractivity (Wildman–Crippen MR) is 93.1 cm³/mol. The minimum Gasteiger partial charge on any atom is -0.457 e. The highest BCUT2D eigenvalue weighted by molar-refractivity contribution is 9.10. The third-order valence-corrected chi connectivity index (χ3v) is 4.66. The predicted octanol–water partition coefficient (Wildman–Crippen LogP) is 5.67. The molecule has 0 aliphatic rings. The van der Waals surface area contributed by atoms with Crippen LogP contribution in [0.1, 0.15) is 11.3 Å². The highest BCUT2D eigenvalue weighted by atomic mass is 79.9. The number of rotatable bonds is 2. The summed E-state index contributed by atoms with van der Waals surface area (Å²) in [5.41, 5.74) is 5.61. The van der Waals surface area contributed by atoms with E-state index in [-0.39, 0.29) is 32.8 Å². The van der Waals surface area contributed by atoms with Gasteiger partial charge in [0.25, 0.3) is 0 Å². The first kappa shape index (κ1) is 18.6. The molecular formula is C15H6BrCl2F3N4O. The molecule has 5 nitrogen and oxygen atoms in total. The fourth-order valence-corrected chi connectivity index (χ4v) is 3.43. The Morgan fingerprint density at radius 3 is 2.35 bits per heavy atom. The van der Waals surface area contributed by atoms with E-state index in [4.69, 9.17) is 33.4 Å². The summed E-state index contributed by atoms with van der Waals surface area (Å²) < 4.78 is 45.1. The van der Waals surface area contributed by atoms with Crippen molar-refractivity contribution >= 4 is 44.9 Å². The molecule has 0 unspecified atom stereocenters. The molecule has 2 heterocycles. The number of anilines is 1. The van der Waals surface area contributed by atoms with Crippen molar-refractivity contribution < 1.29 is 17.6 Å². The van der Waals surface area contributed by atoms with Crippen LogP contribution in [0.4, 0.5) is 19.0 Å². The molecule has 0 saturated carbocycles. The first-order chi connectivity index (χ1) is 12.1. The minimum atomic E-state index is -4.62. The number of nitrogen functional groups attached to an aromatic ring is 1. The molecule has 134 valence electrons. The molecule has 3 aromatic rings. The Labute approximate surface area is 162 Å². The minimum absolute atomic E-state index is 0.0350. The first-order valence-electron chi connectivity index (χ1n) is 6.73. The average Bonchev–Trinajstić information content (AvgIpc) is 3.09. The Bertz CT molecular complexity index is 1030. The van der Waals surface area contributed by atoms with Gasteiger partial charge in [-0.05, 0) is 34.1 Å². The zero-order valence-corrected chi connectivity index (χ0v) is 15.5. The summed E-state index contributed by atoms with van der Waals surface area (Å²) in [7, 11) is 0. The Morgan fingerprint density at radius 2 is 1.88 bits per heavy atom. The third kappa shape index (κ3) is 3.05. The van der Waals surface area contributed by atoms with E-state index in [1.165, 1.54) is 6.26 Å². The Kier molecular flexibility index (Phi) is 4.69. The van der Waals surface area contributed by atoms with Crippen molar-refractivity contribution in [3.63, 3.8) is 0 Å². The zero-order chi connectivity index (χ0) is 19.2. The largest absolute Gasteiger partial charge is 0.457 e. The second-order valence-electron chi connectivity index (χ2n) is 5.03. The van der Waals surface area contributed by atoms with Crippen LogP contribution in [0.15, 0.2) is 33.5 Å². The topological polar surface area (TPSA) is 80.8 Å². The lowest BCUT2D eigenvalue weighted by molar-refractivity contribution is -0.137. The maximum atomic E-state index is 12.9. The number of hydrogen-bond donors (Lipinski definition) is 1. The van der Waals surface area contributed by atoms with Crippen LogP contribution in [0.5, 0.6) is 0 Å². The summed E-state index contributed by atoms with van der Waals surface area (Å²) in [6.45, 7) is 0. The van der Waals surface area contributed by atoms with Gasteiger partial charge in [0, 0.05) is 5.56 Å². The summed E-state index contributed by atoms with van der Waals surface area (Å²) >= 11 is 15.2. The molecule has 11 heteroatoms. The first-order valence-corrected chi connectivity index (χ1v) is 8.28. The second-order valence-corrected chi connectivity index (χ2v) is 6.56. The van der Waals surface area contributed by atoms with Gasteiger partial charge in [0.15, 0.2) is 10.4 Å². The van der Waals surface area contributed by atoms with Crippen LogP contribution in [0.3, 0.4) is 0 Å². The number of halogens is 6. The molecule has 0 radical (unpaired) electrons.